The van der Waals surface area contributed by atoms with Gasteiger partial charge in [-0.25, -0.2) is 0 Å². The van der Waals surface area contributed by atoms with E-state index < -0.39 is 31.7 Å². The van der Waals surface area contributed by atoms with E-state index in [9.17, 15) is 26.3 Å². The predicted molar refractivity (Wildman–Crippen MR) is 181 cm³/mol. The molecule has 0 aliphatic carbocycles. The van der Waals surface area contributed by atoms with Crippen molar-refractivity contribution in [3.63, 3.8) is 0 Å². The second-order valence-corrected chi connectivity index (χ2v) is 12.9. The quantitative estimate of drug-likeness (QED) is 0.0955. The summed E-state index contributed by atoms with van der Waals surface area (Å²) >= 11 is 0. The summed E-state index contributed by atoms with van der Waals surface area (Å²) in [5, 5.41) is 15.9. The SMILES string of the molecule is FC(F)(F)c1cc(-c2ccccn2)[n-]n1.FC(F)(F)c1cc(-c2ccccn2)[n-]n1.[Ir+3].[c-]1ccccc1C[PH+](c1ccccc1)c1ccccc1. The number of benzene rings is 3. The minimum atomic E-state index is -4.46. The standard InChI is InChI=1S/C19H16P.2C9H5F3N3.Ir/c1-4-10-17(11-5-1)16-20(18-12-6-2-7-13-18)19-14-8-3-9-15-19;2*10-9(11,12)8-5-7(14-15-8)6-3-1-2-4-13-6;/h1-10,12-15H,16H2;2*1-5H;/q3*-1;+3/p+1. The monoisotopic (exact) mass is 893 g/mol. The van der Waals surface area contributed by atoms with Gasteiger partial charge in [-0.1, -0.05) is 59.9 Å². The fourth-order valence-corrected chi connectivity index (χ4v) is 7.06. The summed E-state index contributed by atoms with van der Waals surface area (Å²) in [7, 11) is -0.783. The Balaban J connectivity index is 0.000000173. The molecule has 0 radical (unpaired) electrons. The first-order valence-corrected chi connectivity index (χ1v) is 16.7. The third-order valence-electron chi connectivity index (χ3n) is 6.90. The molecule has 4 aromatic heterocycles. The van der Waals surface area contributed by atoms with Gasteiger partial charge in [-0.2, -0.15) is 56.7 Å². The third kappa shape index (κ3) is 11.5. The topological polar surface area (TPSA) is 79.8 Å². The van der Waals surface area contributed by atoms with Gasteiger partial charge < -0.3 is 20.4 Å². The fourth-order valence-electron chi connectivity index (χ4n) is 4.53. The molecule has 0 amide bonds. The number of aromatic nitrogens is 6. The van der Waals surface area contributed by atoms with Crippen LogP contribution in [-0.4, -0.2) is 20.2 Å². The van der Waals surface area contributed by atoms with Crippen molar-refractivity contribution in [2.24, 2.45) is 0 Å². The number of hydrogen-bond donors (Lipinski definition) is 0. The largest absolute Gasteiger partial charge is 3.00 e. The molecule has 260 valence electrons. The van der Waals surface area contributed by atoms with E-state index in [2.05, 4.69) is 109 Å². The summed E-state index contributed by atoms with van der Waals surface area (Å²) in [6, 6.07) is 45.0. The molecule has 0 saturated carbocycles. The maximum absolute atomic E-state index is 12.2. The van der Waals surface area contributed by atoms with Crippen LogP contribution in [0.15, 0.2) is 146 Å². The van der Waals surface area contributed by atoms with Crippen LogP contribution in [0.1, 0.15) is 17.0 Å². The zero-order valence-electron chi connectivity index (χ0n) is 26.3. The van der Waals surface area contributed by atoms with E-state index in [1.807, 2.05) is 12.1 Å². The van der Waals surface area contributed by atoms with Crippen LogP contribution in [0, 0.1) is 6.07 Å². The summed E-state index contributed by atoms with van der Waals surface area (Å²) < 4.78 is 73.2. The Bertz CT molecular complexity index is 1880. The van der Waals surface area contributed by atoms with Crippen LogP contribution >= 0.6 is 7.92 Å². The van der Waals surface area contributed by atoms with Crippen LogP contribution in [0.5, 0.6) is 0 Å². The second kappa shape index (κ2) is 18.3. The van der Waals surface area contributed by atoms with E-state index >= 15 is 0 Å². The average molecular weight is 893 g/mol. The summed E-state index contributed by atoms with van der Waals surface area (Å²) in [5.41, 5.74) is 0.312. The Morgan fingerprint density at radius 1 is 0.549 bits per heavy atom. The minimum Gasteiger partial charge on any atom is -0.573 e. The van der Waals surface area contributed by atoms with E-state index in [0.717, 1.165) is 18.3 Å². The van der Waals surface area contributed by atoms with Crippen LogP contribution in [0.25, 0.3) is 22.8 Å². The number of halogens is 6. The molecular formula is C37H27F6IrN6P+. The number of rotatable bonds is 6. The number of alkyl halides is 6. The van der Waals surface area contributed by atoms with Crippen LogP contribution in [0.3, 0.4) is 0 Å². The van der Waals surface area contributed by atoms with Gasteiger partial charge in [0, 0.05) is 23.8 Å². The molecule has 6 nitrogen and oxygen atoms in total. The van der Waals surface area contributed by atoms with Gasteiger partial charge in [-0.15, -0.1) is 5.56 Å². The summed E-state index contributed by atoms with van der Waals surface area (Å²) in [5.74, 6) is 0. The molecule has 0 unspecified atom stereocenters. The molecule has 7 rings (SSSR count). The summed E-state index contributed by atoms with van der Waals surface area (Å²) in [4.78, 5) is 7.75. The molecule has 4 heterocycles. The van der Waals surface area contributed by atoms with Gasteiger partial charge in [0.2, 0.25) is 0 Å². The Morgan fingerprint density at radius 2 is 0.980 bits per heavy atom. The smallest absolute Gasteiger partial charge is 0.573 e. The van der Waals surface area contributed by atoms with Gasteiger partial charge in [-0.3, -0.25) is 9.97 Å². The van der Waals surface area contributed by atoms with E-state index in [1.165, 1.54) is 28.6 Å². The van der Waals surface area contributed by atoms with Crippen molar-refractivity contribution >= 4 is 18.5 Å². The molecule has 51 heavy (non-hydrogen) atoms. The second-order valence-electron chi connectivity index (χ2n) is 10.4. The number of pyridine rings is 2. The fraction of sp³-hybridized carbons (Fsp3) is 0.0811. The molecule has 0 N–H and O–H groups in total. The minimum absolute atomic E-state index is 0. The number of hydrogen-bond acceptors (Lipinski definition) is 4. The Labute approximate surface area is 304 Å². The van der Waals surface area contributed by atoms with Gasteiger partial charge in [-0.05, 0) is 60.7 Å². The molecule has 0 bridgehead atoms. The normalized spacial score (nSPS) is 11.0. The Kier molecular flexibility index (Phi) is 14.0. The molecule has 0 fully saturated rings. The molecule has 0 aliphatic heterocycles. The van der Waals surface area contributed by atoms with Crippen molar-refractivity contribution in [1.82, 2.24) is 30.4 Å². The van der Waals surface area contributed by atoms with Gasteiger partial charge in [0.05, 0.1) is 24.7 Å². The van der Waals surface area contributed by atoms with Crippen molar-refractivity contribution in [1.29, 1.82) is 0 Å². The third-order valence-corrected chi connectivity index (χ3v) is 9.69. The molecule has 0 aliphatic rings. The number of nitrogens with zero attached hydrogens (tertiary/aromatic N) is 6. The molecule has 7 aromatic rings. The van der Waals surface area contributed by atoms with Crippen molar-refractivity contribution in [3.8, 4) is 22.8 Å². The van der Waals surface area contributed by atoms with Crippen LogP contribution < -0.4 is 20.8 Å². The molecule has 0 spiro atoms. The molecule has 14 heteroatoms. The maximum Gasteiger partial charge on any atom is 3.00 e. The predicted octanol–water partition coefficient (Wildman–Crippen LogP) is 8.09. The van der Waals surface area contributed by atoms with E-state index in [1.54, 1.807) is 36.4 Å². The van der Waals surface area contributed by atoms with Gasteiger partial charge >= 0.3 is 32.5 Å². The van der Waals surface area contributed by atoms with Crippen molar-refractivity contribution in [2.75, 3.05) is 0 Å². The maximum atomic E-state index is 12.2. The average Bonchev–Trinajstić information content (AvgIpc) is 3.85. The van der Waals surface area contributed by atoms with Crippen molar-refractivity contribution in [3.05, 3.63) is 169 Å². The van der Waals surface area contributed by atoms with Crippen molar-refractivity contribution in [2.45, 2.75) is 18.5 Å². The van der Waals surface area contributed by atoms with E-state index in [-0.39, 0.29) is 31.5 Å². The van der Waals surface area contributed by atoms with Crippen LogP contribution in [0.4, 0.5) is 26.3 Å². The summed E-state index contributed by atoms with van der Waals surface area (Å²) in [6.07, 6.45) is -4.87. The van der Waals surface area contributed by atoms with Crippen LogP contribution in [-0.2, 0) is 38.6 Å². The van der Waals surface area contributed by atoms with E-state index in [0.29, 0.717) is 11.4 Å². The first-order chi connectivity index (χ1) is 24.1. The van der Waals surface area contributed by atoms with Gasteiger partial charge in [0.25, 0.3) is 0 Å². The summed E-state index contributed by atoms with van der Waals surface area (Å²) in [6.45, 7) is 0. The van der Waals surface area contributed by atoms with Gasteiger partial charge in [0.15, 0.2) is 0 Å². The van der Waals surface area contributed by atoms with Crippen LogP contribution in [0.2, 0.25) is 0 Å². The molecule has 3 aromatic carbocycles. The first-order valence-electron chi connectivity index (χ1n) is 15.0. The Hall–Kier alpha value is -4.96. The molecule has 0 saturated heterocycles. The molecular weight excluding hydrogens is 866 g/mol. The van der Waals surface area contributed by atoms with Gasteiger partial charge in [0.1, 0.15) is 11.4 Å². The molecule has 0 atom stereocenters. The zero-order chi connectivity index (χ0) is 35.4. The zero-order valence-corrected chi connectivity index (χ0v) is 29.7. The van der Waals surface area contributed by atoms with Crippen molar-refractivity contribution < 1.29 is 46.4 Å². The first kappa shape index (κ1) is 38.8. The Morgan fingerprint density at radius 3 is 1.33 bits per heavy atom. The van der Waals surface area contributed by atoms with E-state index in [4.69, 9.17) is 0 Å².